The summed E-state index contributed by atoms with van der Waals surface area (Å²) in [5, 5.41) is 9.24. The summed E-state index contributed by atoms with van der Waals surface area (Å²) in [6.45, 7) is 1.17. The topological polar surface area (TPSA) is 93.5 Å². The van der Waals surface area contributed by atoms with Crippen molar-refractivity contribution in [2.45, 2.75) is 6.92 Å². The largest absolute Gasteiger partial charge is 0.507 e. The number of hydrogen-bond donors (Lipinski definition) is 2. The first-order valence-corrected chi connectivity index (χ1v) is 3.63. The van der Waals surface area contributed by atoms with E-state index in [1.165, 1.54) is 13.0 Å². The number of Topliss-reactive ketones (excluding diaryl/α,β-unsaturated/α-hetero) is 1. The maximum absolute atomic E-state index is 11.1. The van der Waals surface area contributed by atoms with Gasteiger partial charge >= 0.3 is 5.63 Å². The van der Waals surface area contributed by atoms with Crippen LogP contribution in [-0.2, 0) is 0 Å². The van der Waals surface area contributed by atoms with Gasteiger partial charge in [0.2, 0.25) is 0 Å². The molecule has 0 aliphatic heterocycles. The molecular formula is C8H9NO4. The van der Waals surface area contributed by atoms with Crippen LogP contribution in [0.15, 0.2) is 15.3 Å². The predicted molar refractivity (Wildman–Crippen MR) is 44.8 cm³/mol. The summed E-state index contributed by atoms with van der Waals surface area (Å²) in [4.78, 5) is 22.1. The molecule has 5 heteroatoms. The molecule has 1 heterocycles. The first-order valence-electron chi connectivity index (χ1n) is 3.63. The summed E-state index contributed by atoms with van der Waals surface area (Å²) >= 11 is 0. The average molecular weight is 183 g/mol. The lowest BCUT2D eigenvalue weighted by Crippen LogP contribution is -2.21. The van der Waals surface area contributed by atoms with Gasteiger partial charge < -0.3 is 15.3 Å². The number of aryl methyl sites for hydroxylation is 1. The van der Waals surface area contributed by atoms with Crippen LogP contribution in [0.1, 0.15) is 16.1 Å². The molecule has 1 rings (SSSR count). The SMILES string of the molecule is Cc1cc(O)c(C(=O)CN)c(=O)o1. The molecule has 0 aromatic carbocycles. The van der Waals surface area contributed by atoms with Crippen molar-refractivity contribution in [3.63, 3.8) is 0 Å². The Hall–Kier alpha value is -1.62. The Bertz CT molecular complexity index is 394. The molecule has 0 spiro atoms. The van der Waals surface area contributed by atoms with E-state index in [2.05, 4.69) is 4.42 Å². The molecule has 1 aromatic heterocycles. The molecule has 0 amide bonds. The fourth-order valence-corrected chi connectivity index (χ4v) is 0.955. The van der Waals surface area contributed by atoms with Crippen LogP contribution < -0.4 is 11.4 Å². The van der Waals surface area contributed by atoms with Crippen molar-refractivity contribution >= 4 is 5.78 Å². The van der Waals surface area contributed by atoms with E-state index < -0.39 is 11.4 Å². The van der Waals surface area contributed by atoms with Gasteiger partial charge in [-0.25, -0.2) is 4.79 Å². The second-order valence-corrected chi connectivity index (χ2v) is 2.53. The minimum Gasteiger partial charge on any atom is -0.507 e. The van der Waals surface area contributed by atoms with Crippen molar-refractivity contribution in [2.75, 3.05) is 6.54 Å². The molecule has 0 bridgehead atoms. The van der Waals surface area contributed by atoms with Crippen molar-refractivity contribution in [1.82, 2.24) is 0 Å². The Balaban J connectivity index is 3.38. The molecule has 0 fully saturated rings. The molecule has 0 aliphatic rings. The van der Waals surface area contributed by atoms with Gasteiger partial charge in [0, 0.05) is 6.07 Å². The third-order valence-corrected chi connectivity index (χ3v) is 1.52. The molecule has 0 radical (unpaired) electrons. The molecule has 3 N–H and O–H groups in total. The normalized spacial score (nSPS) is 10.0. The molecule has 1 aromatic rings. The first-order chi connectivity index (χ1) is 6.06. The zero-order chi connectivity index (χ0) is 10.0. The van der Waals surface area contributed by atoms with Gasteiger partial charge in [-0.2, -0.15) is 0 Å². The van der Waals surface area contributed by atoms with Gasteiger partial charge in [0.1, 0.15) is 17.1 Å². The third-order valence-electron chi connectivity index (χ3n) is 1.52. The van der Waals surface area contributed by atoms with E-state index in [4.69, 9.17) is 5.73 Å². The molecule has 70 valence electrons. The fraction of sp³-hybridized carbons (Fsp3) is 0.250. The van der Waals surface area contributed by atoms with Crippen LogP contribution in [0.3, 0.4) is 0 Å². The highest BCUT2D eigenvalue weighted by molar-refractivity contribution is 5.99. The average Bonchev–Trinajstić information content (AvgIpc) is 2.02. The van der Waals surface area contributed by atoms with Crippen LogP contribution in [0.25, 0.3) is 0 Å². The first kappa shape index (κ1) is 9.47. The van der Waals surface area contributed by atoms with Gasteiger partial charge in [-0.3, -0.25) is 4.79 Å². The van der Waals surface area contributed by atoms with Crippen molar-refractivity contribution in [2.24, 2.45) is 5.73 Å². The lowest BCUT2D eigenvalue weighted by atomic mass is 10.1. The van der Waals surface area contributed by atoms with Crippen LogP contribution >= 0.6 is 0 Å². The van der Waals surface area contributed by atoms with Crippen molar-refractivity contribution in [1.29, 1.82) is 0 Å². The van der Waals surface area contributed by atoms with E-state index in [9.17, 15) is 14.7 Å². The summed E-state index contributed by atoms with van der Waals surface area (Å²) in [6.07, 6.45) is 0. The van der Waals surface area contributed by atoms with Gasteiger partial charge in [0.15, 0.2) is 5.78 Å². The van der Waals surface area contributed by atoms with Crippen molar-refractivity contribution in [3.8, 4) is 5.75 Å². The molecule has 0 atom stereocenters. The zero-order valence-electron chi connectivity index (χ0n) is 7.03. The number of hydrogen-bond acceptors (Lipinski definition) is 5. The van der Waals surface area contributed by atoms with E-state index >= 15 is 0 Å². The Labute approximate surface area is 73.8 Å². The van der Waals surface area contributed by atoms with E-state index in [1.807, 2.05) is 0 Å². The van der Waals surface area contributed by atoms with E-state index in [0.29, 0.717) is 0 Å². The Morgan fingerprint density at radius 2 is 2.31 bits per heavy atom. The molecule has 0 saturated heterocycles. The van der Waals surface area contributed by atoms with Crippen LogP contribution in [-0.4, -0.2) is 17.4 Å². The van der Waals surface area contributed by atoms with Gasteiger partial charge in [-0.1, -0.05) is 0 Å². The van der Waals surface area contributed by atoms with Crippen LogP contribution in [0.5, 0.6) is 5.75 Å². The molecule has 0 saturated carbocycles. The maximum Gasteiger partial charge on any atom is 0.350 e. The number of carbonyl (C=O) groups is 1. The molecule has 0 unspecified atom stereocenters. The smallest absolute Gasteiger partial charge is 0.350 e. The lowest BCUT2D eigenvalue weighted by Gasteiger charge is -2.00. The fourth-order valence-electron chi connectivity index (χ4n) is 0.955. The summed E-state index contributed by atoms with van der Waals surface area (Å²) in [7, 11) is 0. The van der Waals surface area contributed by atoms with Crippen LogP contribution in [0.4, 0.5) is 0 Å². The second kappa shape index (κ2) is 3.40. The third kappa shape index (κ3) is 1.75. The minimum absolute atomic E-state index is 0.246. The predicted octanol–water partition coefficient (Wildman–Crippen LogP) is -0.205. The van der Waals surface area contributed by atoms with E-state index in [-0.39, 0.29) is 23.6 Å². The second-order valence-electron chi connectivity index (χ2n) is 2.53. The van der Waals surface area contributed by atoms with Crippen LogP contribution in [0.2, 0.25) is 0 Å². The molecular weight excluding hydrogens is 174 g/mol. The number of carbonyl (C=O) groups excluding carboxylic acids is 1. The highest BCUT2D eigenvalue weighted by Gasteiger charge is 2.16. The number of aromatic hydroxyl groups is 1. The lowest BCUT2D eigenvalue weighted by molar-refractivity contribution is 0.0994. The van der Waals surface area contributed by atoms with Crippen molar-refractivity contribution < 1.29 is 14.3 Å². The van der Waals surface area contributed by atoms with Gasteiger partial charge in [0.25, 0.3) is 0 Å². The van der Waals surface area contributed by atoms with E-state index in [0.717, 1.165) is 0 Å². The molecule has 0 aliphatic carbocycles. The van der Waals surface area contributed by atoms with Crippen LogP contribution in [0, 0.1) is 6.92 Å². The molecule has 5 nitrogen and oxygen atoms in total. The van der Waals surface area contributed by atoms with Gasteiger partial charge in [0.05, 0.1) is 6.54 Å². The summed E-state index contributed by atoms with van der Waals surface area (Å²) in [6, 6.07) is 1.20. The number of ketones is 1. The Kier molecular flexibility index (Phi) is 2.48. The number of nitrogens with two attached hydrogens (primary N) is 1. The summed E-state index contributed by atoms with van der Waals surface area (Å²) < 4.78 is 4.62. The van der Waals surface area contributed by atoms with E-state index in [1.54, 1.807) is 0 Å². The number of rotatable bonds is 2. The van der Waals surface area contributed by atoms with Gasteiger partial charge in [-0.05, 0) is 6.92 Å². The zero-order valence-corrected chi connectivity index (χ0v) is 7.03. The monoisotopic (exact) mass is 183 g/mol. The maximum atomic E-state index is 11.1. The summed E-state index contributed by atoms with van der Waals surface area (Å²) in [5.74, 6) is -0.772. The van der Waals surface area contributed by atoms with Crippen molar-refractivity contribution in [3.05, 3.63) is 27.8 Å². The molecule has 13 heavy (non-hydrogen) atoms. The minimum atomic E-state index is -0.854. The summed E-state index contributed by atoms with van der Waals surface area (Å²) in [5.41, 5.74) is 3.80. The Morgan fingerprint density at radius 3 is 2.77 bits per heavy atom. The van der Waals surface area contributed by atoms with Gasteiger partial charge in [-0.15, -0.1) is 0 Å². The Morgan fingerprint density at radius 1 is 1.69 bits per heavy atom. The quantitative estimate of drug-likeness (QED) is 0.619. The standard InChI is InChI=1S/C8H9NO4/c1-4-2-5(10)7(6(11)3-9)8(12)13-4/h2,10H,3,9H2,1H3. The highest BCUT2D eigenvalue weighted by atomic mass is 16.4. The highest BCUT2D eigenvalue weighted by Crippen LogP contribution is 2.14.